The number of aliphatic imine (C=N–C) groups is 1. The smallest absolute Gasteiger partial charge is 0.306 e. The van der Waals surface area contributed by atoms with Gasteiger partial charge in [0, 0.05) is 11.0 Å². The fourth-order valence-corrected chi connectivity index (χ4v) is 4.01. The van der Waals surface area contributed by atoms with E-state index in [0.717, 1.165) is 34.4 Å². The second kappa shape index (κ2) is 7.07. The van der Waals surface area contributed by atoms with Gasteiger partial charge in [0.25, 0.3) is 0 Å². The Morgan fingerprint density at radius 1 is 1.10 bits per heavy atom. The number of carbonyl (C=O) groups is 1. The van der Waals surface area contributed by atoms with Gasteiger partial charge in [-0.05, 0) is 53.2 Å². The fraction of sp³-hybridized carbons (Fsp3) is 0.250. The molecule has 9 heteroatoms. The number of amides is 2. The molecule has 0 aliphatic carbocycles. The van der Waals surface area contributed by atoms with Crippen LogP contribution in [0.25, 0.3) is 5.69 Å². The molecule has 1 atom stereocenters. The number of urea groups is 1. The summed E-state index contributed by atoms with van der Waals surface area (Å²) in [5.41, 5.74) is 2.29. The van der Waals surface area contributed by atoms with Crippen LogP contribution in [0.5, 0.6) is 0 Å². The van der Waals surface area contributed by atoms with Crippen molar-refractivity contribution >= 4 is 39.2 Å². The summed E-state index contributed by atoms with van der Waals surface area (Å²) in [4.78, 5) is 21.9. The number of aromatic nitrogens is 4. The third-order valence-corrected chi connectivity index (χ3v) is 5.67. The molecule has 0 radical (unpaired) electrons. The quantitative estimate of drug-likeness (QED) is 0.593. The highest BCUT2D eigenvalue weighted by atomic mass is 79.9. The van der Waals surface area contributed by atoms with Crippen LogP contribution in [-0.2, 0) is 0 Å². The van der Waals surface area contributed by atoms with E-state index in [0.29, 0.717) is 18.2 Å². The van der Waals surface area contributed by atoms with Crippen molar-refractivity contribution in [3.63, 3.8) is 0 Å². The number of halogens is 1. The minimum atomic E-state index is -0.444. The number of rotatable bonds is 4. The predicted octanol–water partition coefficient (Wildman–Crippen LogP) is 4.25. The molecule has 3 heterocycles. The minimum Gasteiger partial charge on any atom is -0.306 e. The first kappa shape index (κ1) is 18.0. The monoisotopic (exact) mass is 451 g/mol. The van der Waals surface area contributed by atoms with Crippen LogP contribution in [0.15, 0.2) is 58.0 Å². The van der Waals surface area contributed by atoms with Gasteiger partial charge in [0.05, 0.1) is 17.1 Å². The van der Waals surface area contributed by atoms with Gasteiger partial charge in [-0.2, -0.15) is 4.68 Å². The number of anilines is 1. The summed E-state index contributed by atoms with van der Waals surface area (Å²) in [6.07, 6.45) is 1.87. The largest absolute Gasteiger partial charge is 0.331 e. The predicted molar refractivity (Wildman–Crippen MR) is 113 cm³/mol. The van der Waals surface area contributed by atoms with Crippen molar-refractivity contribution in [3.05, 3.63) is 58.8 Å². The lowest BCUT2D eigenvalue weighted by atomic mass is 10.2. The molecule has 5 rings (SSSR count). The van der Waals surface area contributed by atoms with Crippen LogP contribution in [0.4, 0.5) is 16.2 Å². The first-order valence-corrected chi connectivity index (χ1v) is 10.3. The maximum atomic E-state index is 13.5. The lowest BCUT2D eigenvalue weighted by Gasteiger charge is -2.21. The van der Waals surface area contributed by atoms with Crippen molar-refractivity contribution < 1.29 is 4.79 Å². The summed E-state index contributed by atoms with van der Waals surface area (Å²) in [5.74, 6) is 1.21. The summed E-state index contributed by atoms with van der Waals surface area (Å²) >= 11 is 3.46. The van der Waals surface area contributed by atoms with Crippen LogP contribution in [0.3, 0.4) is 0 Å². The average molecular weight is 452 g/mol. The van der Waals surface area contributed by atoms with Gasteiger partial charge in [0.2, 0.25) is 0 Å². The maximum Gasteiger partial charge on any atom is 0.331 e. The van der Waals surface area contributed by atoms with Gasteiger partial charge < -0.3 is 4.90 Å². The minimum absolute atomic E-state index is 0.113. The first-order chi connectivity index (χ1) is 14.2. The van der Waals surface area contributed by atoms with E-state index in [2.05, 4.69) is 38.4 Å². The van der Waals surface area contributed by atoms with Crippen molar-refractivity contribution in [1.82, 2.24) is 25.1 Å². The van der Waals surface area contributed by atoms with Crippen molar-refractivity contribution in [2.75, 3.05) is 11.4 Å². The van der Waals surface area contributed by atoms with Crippen LogP contribution in [0.2, 0.25) is 0 Å². The first-order valence-electron chi connectivity index (χ1n) is 9.51. The van der Waals surface area contributed by atoms with Gasteiger partial charge in [-0.25, -0.2) is 14.7 Å². The third-order valence-electron chi connectivity index (χ3n) is 5.14. The van der Waals surface area contributed by atoms with E-state index < -0.39 is 6.04 Å². The standard InChI is InChI=1S/C20H18BrN7O/c1-2-3-12-26-17-18(27(20(26)29)14-10-8-13(21)9-11-14)22-15-6-4-5-7-16(15)28-19(17)23-24-25-28/h4-11,17H,2-3,12H2,1H3. The molecule has 3 aromatic rings. The zero-order valence-corrected chi connectivity index (χ0v) is 17.3. The summed E-state index contributed by atoms with van der Waals surface area (Å²) in [6.45, 7) is 2.71. The average Bonchev–Trinajstić information content (AvgIpc) is 3.27. The molecule has 8 nitrogen and oxygen atoms in total. The number of amidine groups is 1. The Kier molecular flexibility index (Phi) is 4.39. The second-order valence-corrected chi connectivity index (χ2v) is 7.87. The van der Waals surface area contributed by atoms with Gasteiger partial charge in [0.1, 0.15) is 5.84 Å². The zero-order valence-electron chi connectivity index (χ0n) is 15.7. The molecule has 0 saturated carbocycles. The molecule has 2 amide bonds. The molecule has 1 saturated heterocycles. The highest BCUT2D eigenvalue weighted by molar-refractivity contribution is 9.10. The number of fused-ring (bicyclic) bond motifs is 5. The number of tetrazole rings is 1. The Morgan fingerprint density at radius 2 is 1.90 bits per heavy atom. The summed E-state index contributed by atoms with van der Waals surface area (Å²) in [5, 5.41) is 12.4. The lowest BCUT2D eigenvalue weighted by molar-refractivity contribution is 0.206. The van der Waals surface area contributed by atoms with Gasteiger partial charge in [-0.3, -0.25) is 0 Å². The van der Waals surface area contributed by atoms with Gasteiger partial charge in [-0.1, -0.05) is 41.4 Å². The van der Waals surface area contributed by atoms with Gasteiger partial charge in [0.15, 0.2) is 11.9 Å². The molecule has 0 N–H and O–H groups in total. The molecule has 29 heavy (non-hydrogen) atoms. The molecule has 1 fully saturated rings. The number of hydrogen-bond acceptors (Lipinski definition) is 5. The van der Waals surface area contributed by atoms with E-state index in [9.17, 15) is 4.79 Å². The molecular weight excluding hydrogens is 434 g/mol. The molecular formula is C20H18BrN7O. The highest BCUT2D eigenvalue weighted by Crippen LogP contribution is 2.40. The Hall–Kier alpha value is -3.07. The summed E-state index contributed by atoms with van der Waals surface area (Å²) < 4.78 is 2.64. The van der Waals surface area contributed by atoms with E-state index in [1.165, 1.54) is 0 Å². The number of benzene rings is 2. The molecule has 146 valence electrons. The lowest BCUT2D eigenvalue weighted by Crippen LogP contribution is -2.34. The van der Waals surface area contributed by atoms with E-state index in [1.807, 2.05) is 53.4 Å². The molecule has 2 aliphatic rings. The van der Waals surface area contributed by atoms with Crippen LogP contribution in [0, 0.1) is 0 Å². The Bertz CT molecular complexity index is 1110. The van der Waals surface area contributed by atoms with Crippen LogP contribution >= 0.6 is 15.9 Å². The number of carbonyl (C=O) groups excluding carboxylic acids is 1. The Balaban J connectivity index is 1.73. The van der Waals surface area contributed by atoms with Crippen molar-refractivity contribution in [2.45, 2.75) is 25.8 Å². The second-order valence-electron chi connectivity index (χ2n) is 6.95. The van der Waals surface area contributed by atoms with E-state index >= 15 is 0 Å². The number of para-hydroxylation sites is 2. The molecule has 0 bridgehead atoms. The number of unbranched alkanes of at least 4 members (excludes halogenated alkanes) is 1. The molecule has 0 spiro atoms. The zero-order chi connectivity index (χ0) is 20.0. The van der Waals surface area contributed by atoms with E-state index in [4.69, 9.17) is 4.99 Å². The Morgan fingerprint density at radius 3 is 2.69 bits per heavy atom. The summed E-state index contributed by atoms with van der Waals surface area (Å²) in [6, 6.07) is 14.8. The highest BCUT2D eigenvalue weighted by Gasteiger charge is 2.48. The van der Waals surface area contributed by atoms with Crippen molar-refractivity contribution in [1.29, 1.82) is 0 Å². The SMILES string of the molecule is CCCCN1C(=O)N(c2ccc(Br)cc2)C2=Nc3ccccc3-n3nnnc3C21. The molecule has 2 aromatic carbocycles. The maximum absolute atomic E-state index is 13.5. The number of hydrogen-bond donors (Lipinski definition) is 0. The third kappa shape index (κ3) is 2.84. The van der Waals surface area contributed by atoms with Gasteiger partial charge in [-0.15, -0.1) is 5.10 Å². The molecule has 2 aliphatic heterocycles. The van der Waals surface area contributed by atoms with Crippen molar-refractivity contribution in [2.24, 2.45) is 4.99 Å². The van der Waals surface area contributed by atoms with Crippen molar-refractivity contribution in [3.8, 4) is 5.69 Å². The Labute approximate surface area is 176 Å². The fourth-order valence-electron chi connectivity index (χ4n) is 3.75. The van der Waals surface area contributed by atoms with Gasteiger partial charge >= 0.3 is 6.03 Å². The van der Waals surface area contributed by atoms with Crippen LogP contribution in [0.1, 0.15) is 31.6 Å². The van der Waals surface area contributed by atoms with Crippen LogP contribution < -0.4 is 4.90 Å². The summed E-state index contributed by atoms with van der Waals surface area (Å²) in [7, 11) is 0. The number of nitrogens with zero attached hydrogens (tertiary/aromatic N) is 7. The van der Waals surface area contributed by atoms with Crippen LogP contribution in [-0.4, -0.2) is 43.5 Å². The van der Waals surface area contributed by atoms with E-state index in [-0.39, 0.29) is 6.03 Å². The van der Waals surface area contributed by atoms with E-state index in [1.54, 1.807) is 9.58 Å². The normalized spacial score (nSPS) is 17.5. The topological polar surface area (TPSA) is 79.5 Å². The molecule has 1 unspecified atom stereocenters. The molecule has 1 aromatic heterocycles.